The molecule has 0 spiro atoms. The normalized spacial score (nSPS) is 15.7. The fraction of sp³-hybridized carbons (Fsp3) is 0.364. The van der Waals surface area contributed by atoms with Crippen molar-refractivity contribution in [1.82, 2.24) is 0 Å². The van der Waals surface area contributed by atoms with E-state index in [2.05, 4.69) is 10.6 Å². The monoisotopic (exact) mass is 260 g/mol. The third-order valence-corrected chi connectivity index (χ3v) is 2.89. The first-order valence-electron chi connectivity index (χ1n) is 5.14. The molecule has 1 amide bonds. The number of nitrogens with one attached hydrogen (secondary N) is 2. The van der Waals surface area contributed by atoms with Crippen molar-refractivity contribution in [3.63, 3.8) is 0 Å². The number of benzene rings is 1. The Labute approximate surface area is 102 Å². The number of rotatable bonds is 3. The number of alkyl halides is 2. The molecule has 1 aliphatic rings. The van der Waals surface area contributed by atoms with E-state index in [9.17, 15) is 13.6 Å². The summed E-state index contributed by atoms with van der Waals surface area (Å²) in [6, 6.07) is 2.21. The average molecular weight is 261 g/mol. The fourth-order valence-electron chi connectivity index (χ4n) is 1.67. The summed E-state index contributed by atoms with van der Waals surface area (Å²) in [5.74, 6) is -0.116. The summed E-state index contributed by atoms with van der Waals surface area (Å²) in [6.45, 7) is 1.37. The molecule has 0 radical (unpaired) electrons. The van der Waals surface area contributed by atoms with Gasteiger partial charge in [-0.2, -0.15) is 0 Å². The Morgan fingerprint density at radius 2 is 2.18 bits per heavy atom. The van der Waals surface area contributed by atoms with Crippen LogP contribution >= 0.6 is 11.6 Å². The van der Waals surface area contributed by atoms with Gasteiger partial charge in [0, 0.05) is 5.69 Å². The van der Waals surface area contributed by atoms with Gasteiger partial charge in [-0.25, -0.2) is 8.78 Å². The highest BCUT2D eigenvalue weighted by Crippen LogP contribution is 2.33. The maximum absolute atomic E-state index is 12.4. The molecule has 0 saturated heterocycles. The molecule has 17 heavy (non-hydrogen) atoms. The Bertz CT molecular complexity index is 465. The van der Waals surface area contributed by atoms with Gasteiger partial charge in [0.15, 0.2) is 0 Å². The van der Waals surface area contributed by atoms with Gasteiger partial charge in [-0.05, 0) is 24.6 Å². The van der Waals surface area contributed by atoms with E-state index in [0.29, 0.717) is 16.4 Å². The first-order valence-corrected chi connectivity index (χ1v) is 5.52. The summed E-state index contributed by atoms with van der Waals surface area (Å²) in [5.41, 5.74) is 1.84. The highest BCUT2D eigenvalue weighted by molar-refractivity contribution is 6.33. The fourth-order valence-corrected chi connectivity index (χ4v) is 1.89. The van der Waals surface area contributed by atoms with Gasteiger partial charge in [0.05, 0.1) is 23.2 Å². The van der Waals surface area contributed by atoms with E-state index in [0.717, 1.165) is 5.56 Å². The largest absolute Gasteiger partial charge is 0.376 e. The number of hydrogen-bond donors (Lipinski definition) is 2. The van der Waals surface area contributed by atoms with E-state index in [-0.39, 0.29) is 12.3 Å². The minimum atomic E-state index is -2.47. The summed E-state index contributed by atoms with van der Waals surface area (Å²) >= 11 is 5.95. The van der Waals surface area contributed by atoms with Gasteiger partial charge in [-0.3, -0.25) is 4.79 Å². The molecule has 2 N–H and O–H groups in total. The third-order valence-electron chi connectivity index (χ3n) is 2.58. The maximum atomic E-state index is 12.4. The van der Waals surface area contributed by atoms with Gasteiger partial charge in [-0.15, -0.1) is 0 Å². The maximum Gasteiger partial charge on any atom is 0.258 e. The quantitative estimate of drug-likeness (QED) is 0.877. The van der Waals surface area contributed by atoms with E-state index < -0.39 is 12.5 Å². The molecule has 1 aliphatic heterocycles. The second-order valence-corrected chi connectivity index (χ2v) is 4.39. The molecule has 1 unspecified atom stereocenters. The molecule has 0 saturated carbocycles. The molecule has 1 aromatic rings. The van der Waals surface area contributed by atoms with Crippen molar-refractivity contribution in [3.05, 3.63) is 22.7 Å². The highest BCUT2D eigenvalue weighted by atomic mass is 35.5. The van der Waals surface area contributed by atoms with Gasteiger partial charge in [0.25, 0.3) is 6.43 Å². The second kappa shape index (κ2) is 4.49. The summed E-state index contributed by atoms with van der Waals surface area (Å²) < 4.78 is 24.8. The molecule has 1 atom stereocenters. The topological polar surface area (TPSA) is 41.1 Å². The Hall–Kier alpha value is -1.36. The van der Waals surface area contributed by atoms with E-state index in [1.165, 1.54) is 6.92 Å². The lowest BCUT2D eigenvalue weighted by molar-refractivity contribution is -0.115. The van der Waals surface area contributed by atoms with Gasteiger partial charge >= 0.3 is 0 Å². The Balaban J connectivity index is 2.25. The third kappa shape index (κ3) is 2.49. The van der Waals surface area contributed by atoms with Gasteiger partial charge in [0.2, 0.25) is 5.91 Å². The lowest BCUT2D eigenvalue weighted by Gasteiger charge is -2.16. The number of anilines is 2. The average Bonchev–Trinajstić information content (AvgIpc) is 2.57. The molecular weight excluding hydrogens is 250 g/mol. The van der Waals surface area contributed by atoms with Crippen molar-refractivity contribution in [3.8, 4) is 0 Å². The number of fused-ring (bicyclic) bond motifs is 1. The molecule has 0 aliphatic carbocycles. The van der Waals surface area contributed by atoms with Crippen LogP contribution in [0.1, 0.15) is 12.5 Å². The molecular formula is C11H11ClF2N2O. The van der Waals surface area contributed by atoms with Crippen LogP contribution in [0.5, 0.6) is 0 Å². The number of carbonyl (C=O) groups excluding carboxylic acids is 1. The zero-order valence-corrected chi connectivity index (χ0v) is 9.81. The van der Waals surface area contributed by atoms with Crippen molar-refractivity contribution >= 4 is 28.9 Å². The van der Waals surface area contributed by atoms with Gasteiger partial charge < -0.3 is 10.6 Å². The van der Waals surface area contributed by atoms with Crippen molar-refractivity contribution in [2.45, 2.75) is 25.8 Å². The standard InChI is InChI=1S/C11H11ClF2N2O/c1-5(11(13)14)15-9-2-6-3-10(17)16-8(6)4-7(9)12/h2,4-5,11,15H,3H2,1H3,(H,16,17). The molecule has 0 bridgehead atoms. The first-order chi connectivity index (χ1) is 7.97. The molecule has 0 fully saturated rings. The van der Waals surface area contributed by atoms with E-state index in [1.54, 1.807) is 12.1 Å². The van der Waals surface area contributed by atoms with Gasteiger partial charge in [0.1, 0.15) is 0 Å². The van der Waals surface area contributed by atoms with Crippen LogP contribution < -0.4 is 10.6 Å². The second-order valence-electron chi connectivity index (χ2n) is 3.98. The van der Waals surface area contributed by atoms with Crippen LogP contribution in [-0.2, 0) is 11.2 Å². The minimum Gasteiger partial charge on any atom is -0.376 e. The summed E-state index contributed by atoms with van der Waals surface area (Å²) in [7, 11) is 0. The minimum absolute atomic E-state index is 0.116. The Morgan fingerprint density at radius 1 is 1.47 bits per heavy atom. The summed E-state index contributed by atoms with van der Waals surface area (Å²) in [4.78, 5) is 11.2. The molecule has 6 heteroatoms. The van der Waals surface area contributed by atoms with Crippen LogP contribution in [0.4, 0.5) is 20.2 Å². The van der Waals surface area contributed by atoms with Crippen LogP contribution in [0.3, 0.4) is 0 Å². The predicted octanol–water partition coefficient (Wildman–Crippen LogP) is 2.90. The molecule has 92 valence electrons. The number of halogens is 3. The lowest BCUT2D eigenvalue weighted by atomic mass is 10.1. The summed E-state index contributed by atoms with van der Waals surface area (Å²) in [5, 5.41) is 5.59. The summed E-state index contributed by atoms with van der Waals surface area (Å²) in [6.07, 6.45) is -2.22. The molecule has 1 aromatic carbocycles. The molecule has 2 rings (SSSR count). The van der Waals surface area contributed by atoms with E-state index >= 15 is 0 Å². The highest BCUT2D eigenvalue weighted by Gasteiger charge is 2.21. The van der Waals surface area contributed by atoms with Crippen LogP contribution in [0.2, 0.25) is 5.02 Å². The molecule has 3 nitrogen and oxygen atoms in total. The lowest BCUT2D eigenvalue weighted by Crippen LogP contribution is -2.23. The predicted molar refractivity (Wildman–Crippen MR) is 62.9 cm³/mol. The Morgan fingerprint density at radius 3 is 2.82 bits per heavy atom. The smallest absolute Gasteiger partial charge is 0.258 e. The van der Waals surface area contributed by atoms with E-state index in [4.69, 9.17) is 11.6 Å². The van der Waals surface area contributed by atoms with Crippen molar-refractivity contribution in [2.75, 3.05) is 10.6 Å². The van der Waals surface area contributed by atoms with Crippen molar-refractivity contribution in [1.29, 1.82) is 0 Å². The van der Waals surface area contributed by atoms with Crippen molar-refractivity contribution < 1.29 is 13.6 Å². The van der Waals surface area contributed by atoms with Crippen molar-refractivity contribution in [2.24, 2.45) is 0 Å². The number of hydrogen-bond acceptors (Lipinski definition) is 2. The molecule has 1 heterocycles. The SMILES string of the molecule is CC(Nc1cc2c(cc1Cl)NC(=O)C2)C(F)F. The van der Waals surface area contributed by atoms with E-state index in [1.807, 2.05) is 0 Å². The number of amides is 1. The van der Waals surface area contributed by atoms with Crippen LogP contribution in [-0.4, -0.2) is 18.4 Å². The first kappa shape index (κ1) is 12.1. The number of carbonyl (C=O) groups is 1. The zero-order valence-electron chi connectivity index (χ0n) is 9.06. The zero-order chi connectivity index (χ0) is 12.6. The van der Waals surface area contributed by atoms with Crippen LogP contribution in [0.15, 0.2) is 12.1 Å². The molecule has 0 aromatic heterocycles. The van der Waals surface area contributed by atoms with Crippen LogP contribution in [0.25, 0.3) is 0 Å². The van der Waals surface area contributed by atoms with Crippen LogP contribution in [0, 0.1) is 0 Å². The van der Waals surface area contributed by atoms with Gasteiger partial charge in [-0.1, -0.05) is 11.6 Å². The Kier molecular flexibility index (Phi) is 3.19.